The second kappa shape index (κ2) is 5.30. The van der Waals surface area contributed by atoms with E-state index in [0.717, 1.165) is 12.1 Å². The SMILES string of the molecule is CC(C)Oc1cccc(-c2cc(F)c(F)c(F)c2)n1. The van der Waals surface area contributed by atoms with Gasteiger partial charge < -0.3 is 4.74 Å². The summed E-state index contributed by atoms with van der Waals surface area (Å²) >= 11 is 0. The van der Waals surface area contributed by atoms with Crippen LogP contribution in [0.25, 0.3) is 11.3 Å². The van der Waals surface area contributed by atoms with E-state index in [1.54, 1.807) is 18.2 Å². The molecule has 1 heterocycles. The molecule has 2 rings (SSSR count). The van der Waals surface area contributed by atoms with E-state index in [-0.39, 0.29) is 11.7 Å². The standard InChI is InChI=1S/C14H12F3NO/c1-8(2)19-13-5-3-4-12(18-13)9-6-10(15)14(17)11(16)7-9/h3-8H,1-2H3. The molecule has 0 unspecified atom stereocenters. The zero-order chi connectivity index (χ0) is 14.0. The van der Waals surface area contributed by atoms with Crippen molar-refractivity contribution < 1.29 is 17.9 Å². The van der Waals surface area contributed by atoms with Gasteiger partial charge >= 0.3 is 0 Å². The number of benzene rings is 1. The van der Waals surface area contributed by atoms with Crippen LogP contribution in [-0.4, -0.2) is 11.1 Å². The topological polar surface area (TPSA) is 22.1 Å². The molecule has 1 aromatic heterocycles. The van der Waals surface area contributed by atoms with Gasteiger partial charge in [-0.15, -0.1) is 0 Å². The number of halogens is 3. The van der Waals surface area contributed by atoms with Crippen molar-refractivity contribution >= 4 is 0 Å². The molecule has 0 spiro atoms. The molecule has 2 aromatic rings. The monoisotopic (exact) mass is 267 g/mol. The van der Waals surface area contributed by atoms with Crippen LogP contribution in [0.2, 0.25) is 0 Å². The fourth-order valence-corrected chi connectivity index (χ4v) is 1.59. The zero-order valence-electron chi connectivity index (χ0n) is 10.5. The highest BCUT2D eigenvalue weighted by molar-refractivity contribution is 5.59. The maximum Gasteiger partial charge on any atom is 0.214 e. The van der Waals surface area contributed by atoms with Gasteiger partial charge in [0.25, 0.3) is 0 Å². The molecule has 0 amide bonds. The molecule has 19 heavy (non-hydrogen) atoms. The molecule has 0 N–H and O–H groups in total. The lowest BCUT2D eigenvalue weighted by atomic mass is 10.1. The molecule has 1 aromatic carbocycles. The lowest BCUT2D eigenvalue weighted by Gasteiger charge is -2.10. The Morgan fingerprint density at radius 1 is 1.05 bits per heavy atom. The number of hydrogen-bond donors (Lipinski definition) is 0. The van der Waals surface area contributed by atoms with Crippen molar-refractivity contribution in [2.75, 3.05) is 0 Å². The Bertz CT molecular complexity index is 576. The Morgan fingerprint density at radius 2 is 1.68 bits per heavy atom. The minimum absolute atomic E-state index is 0.0653. The summed E-state index contributed by atoms with van der Waals surface area (Å²) in [5.41, 5.74) is 0.474. The van der Waals surface area contributed by atoms with Crippen LogP contribution in [0.5, 0.6) is 5.88 Å². The summed E-state index contributed by atoms with van der Waals surface area (Å²) < 4.78 is 44.6. The van der Waals surface area contributed by atoms with Gasteiger partial charge in [-0.25, -0.2) is 18.2 Å². The number of pyridine rings is 1. The first-order valence-corrected chi connectivity index (χ1v) is 5.76. The van der Waals surface area contributed by atoms with Crippen molar-refractivity contribution in [1.29, 1.82) is 0 Å². The summed E-state index contributed by atoms with van der Waals surface area (Å²) in [6.45, 7) is 3.68. The Hall–Kier alpha value is -2.04. The van der Waals surface area contributed by atoms with E-state index in [9.17, 15) is 13.2 Å². The van der Waals surface area contributed by atoms with Gasteiger partial charge in [0.2, 0.25) is 5.88 Å². The maximum absolute atomic E-state index is 13.2. The van der Waals surface area contributed by atoms with E-state index in [1.807, 2.05) is 13.8 Å². The van der Waals surface area contributed by atoms with Crippen molar-refractivity contribution in [3.8, 4) is 17.1 Å². The third-order valence-electron chi connectivity index (χ3n) is 2.36. The third-order valence-corrected chi connectivity index (χ3v) is 2.36. The number of rotatable bonds is 3. The largest absolute Gasteiger partial charge is 0.475 e. The predicted octanol–water partition coefficient (Wildman–Crippen LogP) is 3.95. The van der Waals surface area contributed by atoms with Gasteiger partial charge in [-0.3, -0.25) is 0 Å². The average molecular weight is 267 g/mol. The molecule has 0 saturated heterocycles. The smallest absolute Gasteiger partial charge is 0.214 e. The van der Waals surface area contributed by atoms with Crippen LogP contribution in [0.4, 0.5) is 13.2 Å². The minimum atomic E-state index is -1.49. The van der Waals surface area contributed by atoms with Crippen molar-refractivity contribution in [2.45, 2.75) is 20.0 Å². The first-order chi connectivity index (χ1) is 8.97. The molecule has 2 nitrogen and oxygen atoms in total. The second-order valence-electron chi connectivity index (χ2n) is 4.28. The molecule has 0 aliphatic heterocycles. The zero-order valence-corrected chi connectivity index (χ0v) is 10.5. The normalized spacial score (nSPS) is 10.8. The molecule has 5 heteroatoms. The van der Waals surface area contributed by atoms with Crippen molar-refractivity contribution in [3.63, 3.8) is 0 Å². The predicted molar refractivity (Wildman–Crippen MR) is 65.3 cm³/mol. The highest BCUT2D eigenvalue weighted by atomic mass is 19.2. The van der Waals surface area contributed by atoms with Gasteiger partial charge in [-0.2, -0.15) is 0 Å². The van der Waals surface area contributed by atoms with Gasteiger partial charge in [-0.1, -0.05) is 6.07 Å². The summed E-state index contributed by atoms with van der Waals surface area (Å²) in [7, 11) is 0. The molecular formula is C14H12F3NO. The Balaban J connectivity index is 2.41. The summed E-state index contributed by atoms with van der Waals surface area (Å²) in [5.74, 6) is -3.63. The summed E-state index contributed by atoms with van der Waals surface area (Å²) in [5, 5.41) is 0. The van der Waals surface area contributed by atoms with Crippen molar-refractivity contribution in [2.24, 2.45) is 0 Å². The Labute approximate surface area is 108 Å². The van der Waals surface area contributed by atoms with E-state index in [1.165, 1.54) is 0 Å². The van der Waals surface area contributed by atoms with E-state index in [2.05, 4.69) is 4.98 Å². The van der Waals surface area contributed by atoms with Gasteiger partial charge in [0.1, 0.15) is 0 Å². The van der Waals surface area contributed by atoms with Crippen molar-refractivity contribution in [3.05, 3.63) is 47.8 Å². The first-order valence-electron chi connectivity index (χ1n) is 5.76. The van der Waals surface area contributed by atoms with E-state index in [4.69, 9.17) is 4.74 Å². The van der Waals surface area contributed by atoms with Gasteiger partial charge in [0.05, 0.1) is 11.8 Å². The number of nitrogens with zero attached hydrogens (tertiary/aromatic N) is 1. The van der Waals surface area contributed by atoms with Crippen molar-refractivity contribution in [1.82, 2.24) is 4.98 Å². The minimum Gasteiger partial charge on any atom is -0.475 e. The third kappa shape index (κ3) is 3.05. The highest BCUT2D eigenvalue weighted by Gasteiger charge is 2.12. The fourth-order valence-electron chi connectivity index (χ4n) is 1.59. The van der Waals surface area contributed by atoms with Crippen LogP contribution in [0.3, 0.4) is 0 Å². The quantitative estimate of drug-likeness (QED) is 0.785. The summed E-state index contributed by atoms with van der Waals surface area (Å²) in [6, 6.07) is 6.66. The number of ether oxygens (including phenoxy) is 1. The lowest BCUT2D eigenvalue weighted by molar-refractivity contribution is 0.233. The van der Waals surface area contributed by atoms with Crippen LogP contribution in [0.1, 0.15) is 13.8 Å². The van der Waals surface area contributed by atoms with Gasteiger partial charge in [0, 0.05) is 11.6 Å². The van der Waals surface area contributed by atoms with E-state index >= 15 is 0 Å². The molecule has 0 saturated carbocycles. The number of aromatic nitrogens is 1. The molecular weight excluding hydrogens is 255 g/mol. The van der Waals surface area contributed by atoms with Crippen LogP contribution in [-0.2, 0) is 0 Å². The lowest BCUT2D eigenvalue weighted by Crippen LogP contribution is -2.07. The fraction of sp³-hybridized carbons (Fsp3) is 0.214. The molecule has 0 radical (unpaired) electrons. The average Bonchev–Trinajstić information content (AvgIpc) is 2.35. The molecule has 100 valence electrons. The summed E-state index contributed by atoms with van der Waals surface area (Å²) in [6.07, 6.45) is -0.0653. The second-order valence-corrected chi connectivity index (χ2v) is 4.28. The Kier molecular flexibility index (Phi) is 3.74. The highest BCUT2D eigenvalue weighted by Crippen LogP contribution is 2.24. The van der Waals surface area contributed by atoms with Crippen LogP contribution in [0, 0.1) is 17.5 Å². The molecule has 0 bridgehead atoms. The summed E-state index contributed by atoms with van der Waals surface area (Å²) in [4.78, 5) is 4.12. The maximum atomic E-state index is 13.2. The molecule has 0 aliphatic rings. The van der Waals surface area contributed by atoms with E-state index in [0.29, 0.717) is 11.6 Å². The Morgan fingerprint density at radius 3 is 2.26 bits per heavy atom. The first kappa shape index (κ1) is 13.4. The molecule has 0 fully saturated rings. The van der Waals surface area contributed by atoms with Crippen LogP contribution < -0.4 is 4.74 Å². The molecule has 0 aliphatic carbocycles. The van der Waals surface area contributed by atoms with Gasteiger partial charge in [-0.05, 0) is 32.0 Å². The van der Waals surface area contributed by atoms with Crippen LogP contribution >= 0.6 is 0 Å². The molecule has 0 atom stereocenters. The van der Waals surface area contributed by atoms with Gasteiger partial charge in [0.15, 0.2) is 17.5 Å². The van der Waals surface area contributed by atoms with Crippen LogP contribution in [0.15, 0.2) is 30.3 Å². The number of hydrogen-bond acceptors (Lipinski definition) is 2. The van der Waals surface area contributed by atoms with E-state index < -0.39 is 17.5 Å².